The minimum absolute atomic E-state index is 0.0346. The van der Waals surface area contributed by atoms with Crippen molar-refractivity contribution >= 4 is 29.0 Å². The third kappa shape index (κ3) is 5.56. The van der Waals surface area contributed by atoms with Crippen LogP contribution in [-0.2, 0) is 6.42 Å². The molecule has 1 atom stereocenters. The molecule has 1 aliphatic heterocycles. The largest absolute Gasteiger partial charge is 0.347 e. The first-order valence-electron chi connectivity index (χ1n) is 8.81. The third-order valence-corrected chi connectivity index (χ3v) is 6.38. The molecule has 0 bridgehead atoms. The second-order valence-electron chi connectivity index (χ2n) is 6.41. The van der Waals surface area contributed by atoms with Crippen molar-refractivity contribution in [3.63, 3.8) is 0 Å². The van der Waals surface area contributed by atoms with Crippen molar-refractivity contribution in [3.05, 3.63) is 47.0 Å². The zero-order valence-corrected chi connectivity index (χ0v) is 16.2. The van der Waals surface area contributed by atoms with Crippen LogP contribution in [0.15, 0.2) is 40.1 Å². The van der Waals surface area contributed by atoms with Gasteiger partial charge in [-0.05, 0) is 50.6 Å². The zero-order valence-electron chi connectivity index (χ0n) is 14.6. The Morgan fingerprint density at radius 1 is 1.40 bits per heavy atom. The number of aromatic nitrogens is 1. The molecule has 3 rings (SSSR count). The van der Waals surface area contributed by atoms with Gasteiger partial charge >= 0.3 is 0 Å². The predicted molar refractivity (Wildman–Crippen MR) is 106 cm³/mol. The van der Waals surface area contributed by atoms with Crippen LogP contribution in [0.3, 0.4) is 0 Å². The highest BCUT2D eigenvalue weighted by Crippen LogP contribution is 2.20. The number of hydrogen-bond acceptors (Lipinski definition) is 5. The first-order chi connectivity index (χ1) is 12.2. The smallest absolute Gasteiger partial charge is 0.271 e. The molecule has 1 aromatic carbocycles. The highest BCUT2D eigenvalue weighted by molar-refractivity contribution is 8.00. The topological polar surface area (TPSA) is 45.2 Å². The fourth-order valence-electron chi connectivity index (χ4n) is 3.24. The number of amides is 1. The number of carbonyl (C=O) groups is 1. The second-order valence-corrected chi connectivity index (χ2v) is 8.32. The maximum absolute atomic E-state index is 12.4. The molecule has 1 amide bonds. The summed E-state index contributed by atoms with van der Waals surface area (Å²) in [5.41, 5.74) is 1.95. The number of likely N-dealkylation sites (tertiary alicyclic amines) is 1. The van der Waals surface area contributed by atoms with Crippen molar-refractivity contribution in [1.82, 2.24) is 15.2 Å². The average Bonchev–Trinajstić information content (AvgIpc) is 3.12. The molecule has 0 spiro atoms. The van der Waals surface area contributed by atoms with Gasteiger partial charge in [0.2, 0.25) is 0 Å². The van der Waals surface area contributed by atoms with E-state index in [1.165, 1.54) is 16.9 Å². The number of nitrogens with one attached hydrogen (secondary N) is 1. The predicted octanol–water partition coefficient (Wildman–Crippen LogP) is 3.69. The fourth-order valence-corrected chi connectivity index (χ4v) is 4.48. The Bertz CT molecular complexity index is 674. The first-order valence-corrected chi connectivity index (χ1v) is 10.9. The molecule has 1 aliphatic rings. The summed E-state index contributed by atoms with van der Waals surface area (Å²) in [6.07, 6.45) is 6.46. The van der Waals surface area contributed by atoms with Crippen molar-refractivity contribution in [3.8, 4) is 0 Å². The van der Waals surface area contributed by atoms with Crippen molar-refractivity contribution in [1.29, 1.82) is 0 Å². The van der Waals surface area contributed by atoms with E-state index in [9.17, 15) is 4.79 Å². The summed E-state index contributed by atoms with van der Waals surface area (Å²) in [6, 6.07) is 10.9. The Labute approximate surface area is 158 Å². The molecule has 1 aromatic heterocycles. The Hall–Kier alpha value is -1.37. The number of rotatable bonds is 7. The molecular weight excluding hydrogens is 350 g/mol. The molecule has 4 nitrogen and oxygen atoms in total. The summed E-state index contributed by atoms with van der Waals surface area (Å²) in [6.45, 7) is 3.17. The normalized spacial score (nSPS) is 18.2. The minimum Gasteiger partial charge on any atom is -0.347 e. The Balaban J connectivity index is 1.43. The van der Waals surface area contributed by atoms with Crippen LogP contribution in [0.25, 0.3) is 0 Å². The molecule has 25 heavy (non-hydrogen) atoms. The number of hydrogen-bond donors (Lipinski definition) is 1. The highest BCUT2D eigenvalue weighted by atomic mass is 32.2. The molecule has 0 unspecified atom stereocenters. The van der Waals surface area contributed by atoms with Crippen LogP contribution in [0.2, 0.25) is 0 Å². The first kappa shape index (κ1) is 18.4. The molecular formula is C19H25N3OS2. The van der Waals surface area contributed by atoms with E-state index in [1.807, 2.05) is 11.6 Å². The van der Waals surface area contributed by atoms with Gasteiger partial charge in [0, 0.05) is 18.0 Å². The summed E-state index contributed by atoms with van der Waals surface area (Å²) in [4.78, 5) is 19.2. The zero-order chi connectivity index (χ0) is 17.5. The van der Waals surface area contributed by atoms with Gasteiger partial charge in [0.1, 0.15) is 10.0 Å². The molecule has 2 aromatic rings. The average molecular weight is 376 g/mol. The van der Waals surface area contributed by atoms with Crippen LogP contribution in [0.1, 0.15) is 35.3 Å². The van der Waals surface area contributed by atoms with Gasteiger partial charge in [0.05, 0.1) is 0 Å². The number of benzene rings is 1. The maximum Gasteiger partial charge on any atom is 0.271 e. The molecule has 1 fully saturated rings. The van der Waals surface area contributed by atoms with Gasteiger partial charge in [-0.1, -0.05) is 42.1 Å². The molecule has 0 aliphatic carbocycles. The van der Waals surface area contributed by atoms with Gasteiger partial charge in [-0.2, -0.15) is 0 Å². The lowest BCUT2D eigenvalue weighted by atomic mass is 10.0. The van der Waals surface area contributed by atoms with Crippen LogP contribution in [-0.4, -0.2) is 47.7 Å². The minimum atomic E-state index is -0.0346. The van der Waals surface area contributed by atoms with Crippen molar-refractivity contribution in [2.75, 3.05) is 25.9 Å². The lowest BCUT2D eigenvalue weighted by Gasteiger charge is -2.33. The van der Waals surface area contributed by atoms with E-state index in [1.54, 1.807) is 11.8 Å². The van der Waals surface area contributed by atoms with Gasteiger partial charge in [-0.3, -0.25) is 4.79 Å². The third-order valence-electron chi connectivity index (χ3n) is 4.51. The summed E-state index contributed by atoms with van der Waals surface area (Å²) in [5, 5.41) is 5.01. The highest BCUT2D eigenvalue weighted by Gasteiger charge is 2.22. The Morgan fingerprint density at radius 3 is 3.00 bits per heavy atom. The Morgan fingerprint density at radius 2 is 2.24 bits per heavy atom. The lowest BCUT2D eigenvalue weighted by Crippen LogP contribution is -2.48. The van der Waals surface area contributed by atoms with E-state index in [0.29, 0.717) is 5.69 Å². The van der Waals surface area contributed by atoms with E-state index in [-0.39, 0.29) is 11.9 Å². The van der Waals surface area contributed by atoms with Crippen molar-refractivity contribution < 1.29 is 4.79 Å². The van der Waals surface area contributed by atoms with Gasteiger partial charge in [0.25, 0.3) is 5.91 Å². The SMILES string of the molecule is CSc1nc(C(=O)N[C@@H]2CCCN(CCCc3ccccc3)C2)cs1. The number of nitrogens with zero attached hydrogens (tertiary/aromatic N) is 2. The molecule has 134 valence electrons. The van der Waals surface area contributed by atoms with Gasteiger partial charge in [0.15, 0.2) is 0 Å². The monoisotopic (exact) mass is 375 g/mol. The lowest BCUT2D eigenvalue weighted by molar-refractivity contribution is 0.0898. The van der Waals surface area contributed by atoms with Gasteiger partial charge in [-0.25, -0.2) is 4.98 Å². The van der Waals surface area contributed by atoms with E-state index in [0.717, 1.165) is 49.7 Å². The summed E-state index contributed by atoms with van der Waals surface area (Å²) in [7, 11) is 0. The number of thiazole rings is 1. The van der Waals surface area contributed by atoms with Crippen LogP contribution < -0.4 is 5.32 Å². The fraction of sp³-hybridized carbons (Fsp3) is 0.474. The standard InChI is InChI=1S/C19H25N3OS2/c1-24-19-21-17(14-25-19)18(23)20-16-10-6-12-22(13-16)11-5-9-15-7-3-2-4-8-15/h2-4,7-8,14,16H,5-6,9-13H2,1H3,(H,20,23)/t16-/m1/s1. The molecule has 0 radical (unpaired) electrons. The van der Waals surface area contributed by atoms with Crippen LogP contribution in [0.4, 0.5) is 0 Å². The van der Waals surface area contributed by atoms with Crippen LogP contribution in [0.5, 0.6) is 0 Å². The summed E-state index contributed by atoms with van der Waals surface area (Å²) >= 11 is 3.11. The van der Waals surface area contributed by atoms with Crippen LogP contribution in [0, 0.1) is 0 Å². The molecule has 1 N–H and O–H groups in total. The van der Waals surface area contributed by atoms with E-state index in [2.05, 4.69) is 45.5 Å². The maximum atomic E-state index is 12.4. The second kappa shape index (κ2) is 9.36. The van der Waals surface area contributed by atoms with E-state index < -0.39 is 0 Å². The van der Waals surface area contributed by atoms with Crippen LogP contribution >= 0.6 is 23.1 Å². The Kier molecular flexibility index (Phi) is 6.90. The molecule has 2 heterocycles. The van der Waals surface area contributed by atoms with Crippen molar-refractivity contribution in [2.24, 2.45) is 0 Å². The number of piperidine rings is 1. The molecule has 0 saturated carbocycles. The van der Waals surface area contributed by atoms with Gasteiger partial charge in [-0.15, -0.1) is 11.3 Å². The summed E-state index contributed by atoms with van der Waals surface area (Å²) in [5.74, 6) is -0.0346. The number of carbonyl (C=O) groups excluding carboxylic acids is 1. The quantitative estimate of drug-likeness (QED) is 0.750. The number of thioether (sulfide) groups is 1. The molecule has 1 saturated heterocycles. The summed E-state index contributed by atoms with van der Waals surface area (Å²) < 4.78 is 0.941. The molecule has 6 heteroatoms. The van der Waals surface area contributed by atoms with E-state index in [4.69, 9.17) is 0 Å². The van der Waals surface area contributed by atoms with Gasteiger partial charge < -0.3 is 10.2 Å². The van der Waals surface area contributed by atoms with Crippen molar-refractivity contribution in [2.45, 2.75) is 36.1 Å². The number of aryl methyl sites for hydroxylation is 1. The van der Waals surface area contributed by atoms with E-state index >= 15 is 0 Å².